The molecule has 2 aromatic heterocycles. The average Bonchev–Trinajstić information content (AvgIpc) is 3.36. The van der Waals surface area contributed by atoms with E-state index in [0.29, 0.717) is 21.9 Å². The van der Waals surface area contributed by atoms with E-state index in [-0.39, 0.29) is 22.9 Å². The van der Waals surface area contributed by atoms with Gasteiger partial charge in [-0.05, 0) is 42.0 Å². The molecule has 1 unspecified atom stereocenters. The molecule has 1 atom stereocenters. The van der Waals surface area contributed by atoms with E-state index in [0.717, 1.165) is 5.39 Å². The van der Waals surface area contributed by atoms with Gasteiger partial charge in [0.2, 0.25) is 5.78 Å². The number of aromatic nitrogens is 1. The van der Waals surface area contributed by atoms with Crippen LogP contribution in [0.3, 0.4) is 0 Å². The molecule has 0 fully saturated rings. The first-order valence-electron chi connectivity index (χ1n) is 10.1. The molecule has 164 valence electrons. The Morgan fingerprint density at radius 1 is 1.03 bits per heavy atom. The summed E-state index contributed by atoms with van der Waals surface area (Å²) in [5, 5.41) is 12.2. The van der Waals surface area contributed by atoms with Crippen LogP contribution in [-0.2, 0) is 11.3 Å². The van der Waals surface area contributed by atoms with Crippen LogP contribution in [0.15, 0.2) is 88.7 Å². The quantitative estimate of drug-likeness (QED) is 0.360. The standard InChI is InChI=1S/C25H16Cl2N2O4/c26-17-9-8-15(11-18(17)27)22-21(23(30)20-12-14-5-1-2-7-19(14)33-20)24(31)25(32)29(22)13-16-6-3-4-10-28-16/h1-12,22,31H,13H2. The molecule has 4 aromatic rings. The summed E-state index contributed by atoms with van der Waals surface area (Å²) in [4.78, 5) is 32.3. The Balaban J connectivity index is 1.62. The van der Waals surface area contributed by atoms with Crippen molar-refractivity contribution in [3.63, 3.8) is 0 Å². The average molecular weight is 479 g/mol. The molecular formula is C25H16Cl2N2O4. The zero-order chi connectivity index (χ0) is 23.1. The van der Waals surface area contributed by atoms with Gasteiger partial charge in [0.15, 0.2) is 11.5 Å². The maximum Gasteiger partial charge on any atom is 0.290 e. The highest BCUT2D eigenvalue weighted by Crippen LogP contribution is 2.41. The minimum absolute atomic E-state index is 0.0234. The molecule has 5 rings (SSSR count). The predicted molar refractivity (Wildman–Crippen MR) is 124 cm³/mol. The number of para-hydroxylation sites is 1. The number of hydrogen-bond acceptors (Lipinski definition) is 5. The van der Waals surface area contributed by atoms with Gasteiger partial charge in [0.05, 0.1) is 33.9 Å². The minimum Gasteiger partial charge on any atom is -0.503 e. The van der Waals surface area contributed by atoms with Gasteiger partial charge in [-0.25, -0.2) is 0 Å². The smallest absolute Gasteiger partial charge is 0.290 e. The number of Topliss-reactive ketones (excluding diaryl/α,β-unsaturated/α-hetero) is 1. The minimum atomic E-state index is -0.907. The van der Waals surface area contributed by atoms with Gasteiger partial charge in [0, 0.05) is 11.6 Å². The first kappa shape index (κ1) is 21.2. The van der Waals surface area contributed by atoms with Crippen molar-refractivity contribution < 1.29 is 19.1 Å². The van der Waals surface area contributed by atoms with Gasteiger partial charge in [-0.1, -0.05) is 53.5 Å². The van der Waals surface area contributed by atoms with E-state index < -0.39 is 23.5 Å². The lowest BCUT2D eigenvalue weighted by molar-refractivity contribution is -0.130. The number of amides is 1. The molecule has 2 aromatic carbocycles. The van der Waals surface area contributed by atoms with Crippen molar-refractivity contribution in [1.29, 1.82) is 0 Å². The number of rotatable bonds is 5. The number of pyridine rings is 1. The zero-order valence-corrected chi connectivity index (χ0v) is 18.5. The van der Waals surface area contributed by atoms with Gasteiger partial charge in [-0.2, -0.15) is 0 Å². The topological polar surface area (TPSA) is 83.6 Å². The lowest BCUT2D eigenvalue weighted by Gasteiger charge is -2.26. The summed E-state index contributed by atoms with van der Waals surface area (Å²) < 4.78 is 5.72. The number of aliphatic hydroxyl groups is 1. The number of carbonyl (C=O) groups is 2. The first-order valence-corrected chi connectivity index (χ1v) is 10.8. The Kier molecular flexibility index (Phi) is 5.40. The first-order chi connectivity index (χ1) is 15.9. The summed E-state index contributed by atoms with van der Waals surface area (Å²) in [6.07, 6.45) is 1.61. The van der Waals surface area contributed by atoms with E-state index in [4.69, 9.17) is 27.6 Å². The summed E-state index contributed by atoms with van der Waals surface area (Å²) in [5.41, 5.74) is 1.56. The number of ketones is 1. The third kappa shape index (κ3) is 3.77. The Hall–Kier alpha value is -3.61. The van der Waals surface area contributed by atoms with Crippen molar-refractivity contribution in [3.8, 4) is 0 Å². The number of aliphatic hydroxyl groups excluding tert-OH is 1. The van der Waals surface area contributed by atoms with Crippen LogP contribution in [0, 0.1) is 0 Å². The third-order valence-electron chi connectivity index (χ3n) is 5.52. The largest absolute Gasteiger partial charge is 0.503 e. The van der Waals surface area contributed by atoms with Gasteiger partial charge in [0.25, 0.3) is 5.91 Å². The Morgan fingerprint density at radius 2 is 1.82 bits per heavy atom. The molecule has 1 N–H and O–H groups in total. The third-order valence-corrected chi connectivity index (χ3v) is 6.25. The maximum absolute atomic E-state index is 13.5. The maximum atomic E-state index is 13.5. The predicted octanol–water partition coefficient (Wildman–Crippen LogP) is 5.91. The van der Waals surface area contributed by atoms with E-state index in [1.165, 1.54) is 4.90 Å². The molecule has 1 aliphatic rings. The van der Waals surface area contributed by atoms with E-state index in [1.807, 2.05) is 12.1 Å². The van der Waals surface area contributed by atoms with Gasteiger partial charge >= 0.3 is 0 Å². The van der Waals surface area contributed by atoms with Crippen LogP contribution < -0.4 is 0 Å². The highest BCUT2D eigenvalue weighted by molar-refractivity contribution is 6.42. The number of halogens is 2. The molecule has 8 heteroatoms. The van der Waals surface area contributed by atoms with Crippen molar-refractivity contribution in [1.82, 2.24) is 9.88 Å². The molecule has 3 heterocycles. The SMILES string of the molecule is O=C(C1=C(O)C(=O)N(Cc2ccccn2)C1c1ccc(Cl)c(Cl)c1)c1cc2ccccc2o1. The molecule has 1 aliphatic heterocycles. The summed E-state index contributed by atoms with van der Waals surface area (Å²) in [6.45, 7) is 0.0750. The summed E-state index contributed by atoms with van der Waals surface area (Å²) >= 11 is 12.3. The van der Waals surface area contributed by atoms with Crippen LogP contribution in [0.2, 0.25) is 10.0 Å². The molecule has 0 aliphatic carbocycles. The molecular weight excluding hydrogens is 463 g/mol. The zero-order valence-electron chi connectivity index (χ0n) is 17.0. The molecule has 0 saturated carbocycles. The number of furan rings is 1. The molecule has 1 amide bonds. The van der Waals surface area contributed by atoms with Gasteiger partial charge in [-0.3, -0.25) is 14.6 Å². The summed E-state index contributed by atoms with van der Waals surface area (Å²) in [6, 6.07) is 18.0. The van der Waals surface area contributed by atoms with E-state index in [9.17, 15) is 14.7 Å². The molecule has 0 saturated heterocycles. The van der Waals surface area contributed by atoms with Gasteiger partial charge in [-0.15, -0.1) is 0 Å². The van der Waals surface area contributed by atoms with Crippen LogP contribution in [0.4, 0.5) is 0 Å². The lowest BCUT2D eigenvalue weighted by atomic mass is 9.95. The fourth-order valence-electron chi connectivity index (χ4n) is 3.97. The molecule has 0 spiro atoms. The second-order valence-electron chi connectivity index (χ2n) is 7.57. The Labute approximate surface area is 198 Å². The molecule has 33 heavy (non-hydrogen) atoms. The van der Waals surface area contributed by atoms with Gasteiger partial charge < -0.3 is 14.4 Å². The van der Waals surface area contributed by atoms with E-state index in [2.05, 4.69) is 4.98 Å². The van der Waals surface area contributed by atoms with E-state index >= 15 is 0 Å². The monoisotopic (exact) mass is 478 g/mol. The fourth-order valence-corrected chi connectivity index (χ4v) is 4.28. The number of hydrogen-bond donors (Lipinski definition) is 1. The normalized spacial score (nSPS) is 16.1. The van der Waals surface area contributed by atoms with Crippen molar-refractivity contribution in [3.05, 3.63) is 111 Å². The highest BCUT2D eigenvalue weighted by atomic mass is 35.5. The van der Waals surface area contributed by atoms with Crippen LogP contribution in [0.1, 0.15) is 27.9 Å². The van der Waals surface area contributed by atoms with Crippen LogP contribution >= 0.6 is 23.2 Å². The van der Waals surface area contributed by atoms with Crippen LogP contribution in [-0.4, -0.2) is 26.7 Å². The number of benzene rings is 2. The van der Waals surface area contributed by atoms with Gasteiger partial charge in [0.1, 0.15) is 5.58 Å². The Morgan fingerprint density at radius 3 is 2.55 bits per heavy atom. The molecule has 0 radical (unpaired) electrons. The van der Waals surface area contributed by atoms with Crippen LogP contribution in [0.25, 0.3) is 11.0 Å². The molecule has 6 nitrogen and oxygen atoms in total. The molecule has 0 bridgehead atoms. The van der Waals surface area contributed by atoms with Crippen molar-refractivity contribution in [2.45, 2.75) is 12.6 Å². The Bertz CT molecular complexity index is 1400. The van der Waals surface area contributed by atoms with E-state index in [1.54, 1.807) is 60.8 Å². The van der Waals surface area contributed by atoms with Crippen LogP contribution in [0.5, 0.6) is 0 Å². The lowest BCUT2D eigenvalue weighted by Crippen LogP contribution is -2.31. The number of nitrogens with zero attached hydrogens (tertiary/aromatic N) is 2. The van der Waals surface area contributed by atoms with Crippen molar-refractivity contribution in [2.24, 2.45) is 0 Å². The second kappa shape index (κ2) is 8.39. The second-order valence-corrected chi connectivity index (χ2v) is 8.38. The van der Waals surface area contributed by atoms with Crippen molar-refractivity contribution >= 4 is 45.9 Å². The fraction of sp³-hybridized carbons (Fsp3) is 0.0800. The number of fused-ring (bicyclic) bond motifs is 1. The summed E-state index contributed by atoms with van der Waals surface area (Å²) in [7, 11) is 0. The summed E-state index contributed by atoms with van der Waals surface area (Å²) in [5.74, 6) is -1.88. The van der Waals surface area contributed by atoms with Crippen molar-refractivity contribution in [2.75, 3.05) is 0 Å². The number of carbonyl (C=O) groups excluding carboxylic acids is 2. The highest BCUT2D eigenvalue weighted by Gasteiger charge is 2.44.